The number of halogens is 1. The molecule has 2 nitrogen and oxygen atoms in total. The highest BCUT2D eigenvalue weighted by molar-refractivity contribution is 7.19. The van der Waals surface area contributed by atoms with Crippen LogP contribution in [0.15, 0.2) is 30.3 Å². The van der Waals surface area contributed by atoms with Crippen LogP contribution in [0.25, 0.3) is 10.1 Å². The average molecular weight is 323 g/mol. The van der Waals surface area contributed by atoms with Gasteiger partial charge in [0, 0.05) is 22.7 Å². The highest BCUT2D eigenvalue weighted by atomic mass is 35.5. The van der Waals surface area contributed by atoms with Gasteiger partial charge >= 0.3 is 0 Å². The molecule has 2 aromatic rings. The Bertz CT molecular complexity index is 571. The minimum absolute atomic E-state index is 0. The highest BCUT2D eigenvalue weighted by Crippen LogP contribution is 2.39. The van der Waals surface area contributed by atoms with E-state index >= 15 is 0 Å². The van der Waals surface area contributed by atoms with E-state index in [1.807, 2.05) is 11.3 Å². The molecule has 1 N–H and O–H groups in total. The Morgan fingerprint density at radius 3 is 2.76 bits per heavy atom. The summed E-state index contributed by atoms with van der Waals surface area (Å²) in [6, 6.07) is 11.1. The molecular formula is C17H23ClN2S. The van der Waals surface area contributed by atoms with Crippen LogP contribution in [0.4, 0.5) is 0 Å². The molecule has 1 aromatic heterocycles. The second kappa shape index (κ2) is 6.25. The Balaban J connectivity index is 0.00000132. The number of nitrogens with one attached hydrogen (secondary N) is 1. The van der Waals surface area contributed by atoms with E-state index in [0.29, 0.717) is 5.41 Å². The lowest BCUT2D eigenvalue weighted by Gasteiger charge is -2.33. The highest BCUT2D eigenvalue weighted by Gasteiger charge is 2.38. The lowest BCUT2D eigenvalue weighted by Crippen LogP contribution is -2.38. The van der Waals surface area contributed by atoms with Crippen LogP contribution in [0.5, 0.6) is 0 Å². The van der Waals surface area contributed by atoms with E-state index in [0.717, 1.165) is 6.54 Å². The van der Waals surface area contributed by atoms with Crippen molar-refractivity contribution in [1.82, 2.24) is 10.2 Å². The second-order valence-electron chi connectivity index (χ2n) is 6.46. The Hall–Kier alpha value is -0.610. The smallest absolute Gasteiger partial charge is 0.0346 e. The number of thiophene rings is 1. The third-order valence-corrected chi connectivity index (χ3v) is 6.14. The minimum Gasteiger partial charge on any atom is -0.317 e. The number of hydrogen-bond donors (Lipinski definition) is 1. The van der Waals surface area contributed by atoms with Crippen molar-refractivity contribution in [3.63, 3.8) is 0 Å². The average Bonchev–Trinajstić information content (AvgIpc) is 3.04. The van der Waals surface area contributed by atoms with Crippen LogP contribution in [0.1, 0.15) is 24.1 Å². The first-order valence-electron chi connectivity index (χ1n) is 7.74. The molecular weight excluding hydrogens is 300 g/mol. The molecule has 2 saturated heterocycles. The number of nitrogens with zero attached hydrogens (tertiary/aromatic N) is 1. The van der Waals surface area contributed by atoms with Crippen LogP contribution in [0.2, 0.25) is 0 Å². The maximum absolute atomic E-state index is 3.50. The van der Waals surface area contributed by atoms with Crippen molar-refractivity contribution in [1.29, 1.82) is 0 Å². The van der Waals surface area contributed by atoms with Gasteiger partial charge in [0.05, 0.1) is 0 Å². The molecule has 2 aliphatic heterocycles. The van der Waals surface area contributed by atoms with E-state index in [1.165, 1.54) is 60.4 Å². The molecule has 0 amide bonds. The molecule has 0 aliphatic carbocycles. The van der Waals surface area contributed by atoms with Gasteiger partial charge in [0.1, 0.15) is 0 Å². The topological polar surface area (TPSA) is 15.3 Å². The van der Waals surface area contributed by atoms with Crippen molar-refractivity contribution in [2.75, 3.05) is 26.2 Å². The van der Waals surface area contributed by atoms with Gasteiger partial charge in [-0.05, 0) is 61.8 Å². The first-order valence-corrected chi connectivity index (χ1v) is 8.55. The zero-order valence-electron chi connectivity index (χ0n) is 12.3. The lowest BCUT2D eigenvalue weighted by molar-refractivity contribution is 0.194. The van der Waals surface area contributed by atoms with Crippen molar-refractivity contribution < 1.29 is 0 Å². The maximum Gasteiger partial charge on any atom is 0.0346 e. The molecule has 3 heterocycles. The third-order valence-electron chi connectivity index (χ3n) is 5.04. The molecule has 114 valence electrons. The fourth-order valence-corrected chi connectivity index (χ4v) is 4.97. The van der Waals surface area contributed by atoms with Gasteiger partial charge in [0.15, 0.2) is 0 Å². The molecule has 21 heavy (non-hydrogen) atoms. The Morgan fingerprint density at radius 2 is 1.95 bits per heavy atom. The number of rotatable bonds is 2. The van der Waals surface area contributed by atoms with Gasteiger partial charge < -0.3 is 5.32 Å². The molecule has 2 aliphatic rings. The predicted octanol–water partition coefficient (Wildman–Crippen LogP) is 3.90. The summed E-state index contributed by atoms with van der Waals surface area (Å²) >= 11 is 1.97. The molecule has 0 unspecified atom stereocenters. The number of hydrogen-bond acceptors (Lipinski definition) is 3. The van der Waals surface area contributed by atoms with Crippen LogP contribution in [0.3, 0.4) is 0 Å². The van der Waals surface area contributed by atoms with E-state index < -0.39 is 0 Å². The first kappa shape index (κ1) is 15.3. The number of piperidine rings is 1. The summed E-state index contributed by atoms with van der Waals surface area (Å²) in [4.78, 5) is 4.20. The monoisotopic (exact) mass is 322 g/mol. The van der Waals surface area contributed by atoms with Gasteiger partial charge in [-0.15, -0.1) is 23.7 Å². The molecule has 0 bridgehead atoms. The van der Waals surface area contributed by atoms with Crippen LogP contribution in [-0.2, 0) is 6.54 Å². The van der Waals surface area contributed by atoms with E-state index in [-0.39, 0.29) is 12.4 Å². The fraction of sp³-hybridized carbons (Fsp3) is 0.529. The van der Waals surface area contributed by atoms with Crippen LogP contribution in [0, 0.1) is 5.41 Å². The summed E-state index contributed by atoms with van der Waals surface area (Å²) in [5, 5.41) is 4.91. The van der Waals surface area contributed by atoms with Crippen molar-refractivity contribution in [3.8, 4) is 0 Å². The largest absolute Gasteiger partial charge is 0.317 e. The van der Waals surface area contributed by atoms with Crippen molar-refractivity contribution in [2.24, 2.45) is 5.41 Å². The molecule has 4 heteroatoms. The Labute approximate surface area is 136 Å². The number of likely N-dealkylation sites (tertiary alicyclic amines) is 1. The van der Waals surface area contributed by atoms with E-state index in [9.17, 15) is 0 Å². The molecule has 0 saturated carbocycles. The van der Waals surface area contributed by atoms with Gasteiger partial charge in [-0.2, -0.15) is 0 Å². The second-order valence-corrected chi connectivity index (χ2v) is 7.63. The predicted molar refractivity (Wildman–Crippen MR) is 93.5 cm³/mol. The summed E-state index contributed by atoms with van der Waals surface area (Å²) in [5.41, 5.74) is 0.627. The van der Waals surface area contributed by atoms with Gasteiger partial charge in [0.2, 0.25) is 0 Å². The van der Waals surface area contributed by atoms with Gasteiger partial charge in [-0.25, -0.2) is 0 Å². The molecule has 0 atom stereocenters. The zero-order valence-corrected chi connectivity index (χ0v) is 13.9. The molecule has 1 aromatic carbocycles. The summed E-state index contributed by atoms with van der Waals surface area (Å²) < 4.78 is 1.43. The fourth-order valence-electron chi connectivity index (χ4n) is 3.86. The summed E-state index contributed by atoms with van der Waals surface area (Å²) in [5.74, 6) is 0. The quantitative estimate of drug-likeness (QED) is 0.902. The van der Waals surface area contributed by atoms with Crippen LogP contribution in [-0.4, -0.2) is 31.1 Å². The van der Waals surface area contributed by atoms with E-state index in [2.05, 4.69) is 40.5 Å². The Morgan fingerprint density at radius 1 is 1.14 bits per heavy atom. The minimum atomic E-state index is 0. The lowest BCUT2D eigenvalue weighted by atomic mass is 9.78. The molecule has 2 fully saturated rings. The van der Waals surface area contributed by atoms with Gasteiger partial charge in [-0.1, -0.05) is 18.2 Å². The van der Waals surface area contributed by atoms with Crippen molar-refractivity contribution in [2.45, 2.75) is 25.8 Å². The molecule has 1 spiro atoms. The first-order chi connectivity index (χ1) is 9.83. The molecule has 0 radical (unpaired) electrons. The number of benzene rings is 1. The number of fused-ring (bicyclic) bond motifs is 1. The molecule has 4 rings (SSSR count). The van der Waals surface area contributed by atoms with E-state index in [1.54, 1.807) is 0 Å². The SMILES string of the molecule is Cl.c1ccc2sc(CN3CCC4(CCNCC4)C3)cc2c1. The van der Waals surface area contributed by atoms with Crippen molar-refractivity contribution >= 4 is 33.8 Å². The van der Waals surface area contributed by atoms with Crippen LogP contribution < -0.4 is 5.32 Å². The maximum atomic E-state index is 3.50. The summed E-state index contributed by atoms with van der Waals surface area (Å²) in [7, 11) is 0. The third kappa shape index (κ3) is 3.11. The summed E-state index contributed by atoms with van der Waals surface area (Å²) in [6.07, 6.45) is 4.14. The standard InChI is InChI=1S/C17H22N2S.ClH/c1-2-4-16-14(3-1)11-15(20-16)12-19-10-7-17(13-19)5-8-18-9-6-17;/h1-4,11,18H,5-10,12-13H2;1H. The van der Waals surface area contributed by atoms with Crippen LogP contribution >= 0.6 is 23.7 Å². The Kier molecular flexibility index (Phi) is 4.55. The van der Waals surface area contributed by atoms with Gasteiger partial charge in [-0.3, -0.25) is 4.90 Å². The van der Waals surface area contributed by atoms with E-state index in [4.69, 9.17) is 0 Å². The zero-order chi connectivity index (χ0) is 13.4. The van der Waals surface area contributed by atoms with Crippen molar-refractivity contribution in [3.05, 3.63) is 35.2 Å². The normalized spacial score (nSPS) is 21.7. The van der Waals surface area contributed by atoms with Gasteiger partial charge in [0.25, 0.3) is 0 Å². The summed E-state index contributed by atoms with van der Waals surface area (Å²) in [6.45, 7) is 6.18.